The summed E-state index contributed by atoms with van der Waals surface area (Å²) in [6.07, 6.45) is 1.14. The van der Waals surface area contributed by atoms with E-state index in [4.69, 9.17) is 0 Å². The van der Waals surface area contributed by atoms with E-state index in [-0.39, 0.29) is 18.4 Å². The maximum atomic E-state index is 11.2. The monoisotopic (exact) mass is 212 g/mol. The average Bonchev–Trinajstić information content (AvgIpc) is 2.21. The molecule has 1 atom stereocenters. The quantitative estimate of drug-likeness (QED) is 0.637. The minimum absolute atomic E-state index is 0.00959. The van der Waals surface area contributed by atoms with Crippen LogP contribution in [0.25, 0.3) is 0 Å². The second-order valence-corrected chi connectivity index (χ2v) is 3.95. The molecule has 15 heavy (non-hydrogen) atoms. The summed E-state index contributed by atoms with van der Waals surface area (Å²) in [5, 5.41) is 5.17. The molecule has 4 heteroatoms. The Hall–Kier alpha value is -1.32. The molecule has 4 nitrogen and oxygen atoms in total. The van der Waals surface area contributed by atoms with Crippen LogP contribution in [0.3, 0.4) is 0 Å². The fraction of sp³-hybridized carbons (Fsp3) is 0.636. The highest BCUT2D eigenvalue weighted by atomic mass is 16.2. The van der Waals surface area contributed by atoms with Gasteiger partial charge >= 0.3 is 0 Å². The van der Waals surface area contributed by atoms with Crippen LogP contribution in [0.15, 0.2) is 12.7 Å². The van der Waals surface area contributed by atoms with Gasteiger partial charge in [0.25, 0.3) is 0 Å². The molecule has 0 spiro atoms. The number of rotatable bonds is 6. The highest BCUT2D eigenvalue weighted by Crippen LogP contribution is 2.07. The Bertz CT molecular complexity index is 237. The third-order valence-corrected chi connectivity index (χ3v) is 2.37. The van der Waals surface area contributed by atoms with Gasteiger partial charge in [0.2, 0.25) is 11.8 Å². The molecule has 0 aliphatic rings. The first-order valence-electron chi connectivity index (χ1n) is 5.14. The summed E-state index contributed by atoms with van der Waals surface area (Å²) in [7, 11) is 0. The maximum absolute atomic E-state index is 11.2. The predicted octanol–water partition coefficient (Wildman–Crippen LogP) is 0.697. The van der Waals surface area contributed by atoms with Crippen LogP contribution < -0.4 is 10.6 Å². The van der Waals surface area contributed by atoms with Gasteiger partial charge in [0.1, 0.15) is 0 Å². The SMILES string of the molecule is C=CC(=O)NCC(=O)NC[C@H](C)C(C)C. The van der Waals surface area contributed by atoms with E-state index in [2.05, 4.69) is 38.0 Å². The number of hydrogen-bond donors (Lipinski definition) is 2. The number of carbonyl (C=O) groups excluding carboxylic acids is 2. The number of amides is 2. The van der Waals surface area contributed by atoms with Crippen LogP contribution in [0.5, 0.6) is 0 Å². The van der Waals surface area contributed by atoms with Crippen LogP contribution in [-0.4, -0.2) is 24.9 Å². The van der Waals surface area contributed by atoms with Gasteiger partial charge < -0.3 is 10.6 Å². The lowest BCUT2D eigenvalue weighted by atomic mass is 9.98. The molecule has 0 saturated heterocycles. The molecule has 2 amide bonds. The third-order valence-electron chi connectivity index (χ3n) is 2.37. The van der Waals surface area contributed by atoms with Gasteiger partial charge in [-0.15, -0.1) is 0 Å². The van der Waals surface area contributed by atoms with E-state index in [1.54, 1.807) is 0 Å². The van der Waals surface area contributed by atoms with Gasteiger partial charge in [-0.3, -0.25) is 9.59 Å². The van der Waals surface area contributed by atoms with E-state index in [1.165, 1.54) is 0 Å². The van der Waals surface area contributed by atoms with Crippen LogP contribution in [0, 0.1) is 11.8 Å². The maximum Gasteiger partial charge on any atom is 0.243 e. The molecular weight excluding hydrogens is 192 g/mol. The first-order chi connectivity index (χ1) is 6.97. The van der Waals surface area contributed by atoms with Gasteiger partial charge in [-0.1, -0.05) is 27.4 Å². The van der Waals surface area contributed by atoms with Crippen LogP contribution >= 0.6 is 0 Å². The van der Waals surface area contributed by atoms with Crippen LogP contribution in [-0.2, 0) is 9.59 Å². The topological polar surface area (TPSA) is 58.2 Å². The van der Waals surface area contributed by atoms with Crippen LogP contribution in [0.2, 0.25) is 0 Å². The molecule has 0 aliphatic heterocycles. The van der Waals surface area contributed by atoms with E-state index < -0.39 is 0 Å². The molecule has 0 rings (SSSR count). The van der Waals surface area contributed by atoms with Crippen molar-refractivity contribution in [3.8, 4) is 0 Å². The molecule has 0 fully saturated rings. The van der Waals surface area contributed by atoms with Gasteiger partial charge in [0.05, 0.1) is 6.54 Å². The smallest absolute Gasteiger partial charge is 0.243 e. The van der Waals surface area contributed by atoms with Crippen molar-refractivity contribution in [2.24, 2.45) is 11.8 Å². The standard InChI is InChI=1S/C11H20N2O2/c1-5-10(14)13-7-11(15)12-6-9(4)8(2)3/h5,8-9H,1,6-7H2,2-4H3,(H,12,15)(H,13,14)/t9-/m0/s1. The predicted molar refractivity (Wildman–Crippen MR) is 60.2 cm³/mol. The van der Waals surface area contributed by atoms with Crippen molar-refractivity contribution in [1.82, 2.24) is 10.6 Å². The van der Waals surface area contributed by atoms with Crippen LogP contribution in [0.4, 0.5) is 0 Å². The highest BCUT2D eigenvalue weighted by molar-refractivity contribution is 5.90. The highest BCUT2D eigenvalue weighted by Gasteiger charge is 2.08. The Morgan fingerprint density at radius 1 is 1.27 bits per heavy atom. The normalized spacial score (nSPS) is 12.0. The summed E-state index contributed by atoms with van der Waals surface area (Å²) in [5.41, 5.74) is 0. The van der Waals surface area contributed by atoms with E-state index in [0.717, 1.165) is 6.08 Å². The Morgan fingerprint density at radius 2 is 1.87 bits per heavy atom. The fourth-order valence-electron chi connectivity index (χ4n) is 0.813. The van der Waals surface area contributed by atoms with Gasteiger partial charge in [0.15, 0.2) is 0 Å². The zero-order chi connectivity index (χ0) is 11.8. The molecule has 0 aromatic rings. The van der Waals surface area contributed by atoms with E-state index >= 15 is 0 Å². The zero-order valence-corrected chi connectivity index (χ0v) is 9.67. The van der Waals surface area contributed by atoms with Crippen molar-refractivity contribution >= 4 is 11.8 Å². The van der Waals surface area contributed by atoms with Gasteiger partial charge in [-0.05, 0) is 17.9 Å². The largest absolute Gasteiger partial charge is 0.354 e. The van der Waals surface area contributed by atoms with Crippen molar-refractivity contribution in [1.29, 1.82) is 0 Å². The molecule has 0 radical (unpaired) electrons. The average molecular weight is 212 g/mol. The Balaban J connectivity index is 3.66. The van der Waals surface area contributed by atoms with Crippen molar-refractivity contribution in [3.05, 3.63) is 12.7 Å². The summed E-state index contributed by atoms with van der Waals surface area (Å²) in [6, 6.07) is 0. The summed E-state index contributed by atoms with van der Waals surface area (Å²) >= 11 is 0. The number of carbonyl (C=O) groups is 2. The molecule has 0 unspecified atom stereocenters. The molecule has 0 aliphatic carbocycles. The lowest BCUT2D eigenvalue weighted by molar-refractivity contribution is -0.124. The zero-order valence-electron chi connectivity index (χ0n) is 9.67. The van der Waals surface area contributed by atoms with Crippen molar-refractivity contribution < 1.29 is 9.59 Å². The third kappa shape index (κ3) is 6.71. The Labute approximate surface area is 91.1 Å². The van der Waals surface area contributed by atoms with Gasteiger partial charge in [-0.2, -0.15) is 0 Å². The van der Waals surface area contributed by atoms with E-state index in [9.17, 15) is 9.59 Å². The second-order valence-electron chi connectivity index (χ2n) is 3.95. The number of nitrogens with one attached hydrogen (secondary N) is 2. The molecule has 86 valence electrons. The molecule has 0 aromatic heterocycles. The lowest BCUT2D eigenvalue weighted by Gasteiger charge is -2.15. The van der Waals surface area contributed by atoms with E-state index in [1.807, 2.05) is 0 Å². The summed E-state index contributed by atoms with van der Waals surface area (Å²) in [6.45, 7) is 10.2. The number of hydrogen-bond acceptors (Lipinski definition) is 2. The van der Waals surface area contributed by atoms with Crippen molar-refractivity contribution in [2.45, 2.75) is 20.8 Å². The molecule has 0 heterocycles. The van der Waals surface area contributed by atoms with Crippen molar-refractivity contribution in [2.75, 3.05) is 13.1 Å². The Morgan fingerprint density at radius 3 is 2.33 bits per heavy atom. The molecule has 0 aromatic carbocycles. The fourth-order valence-corrected chi connectivity index (χ4v) is 0.813. The Kier molecular flexibility index (Phi) is 6.42. The van der Waals surface area contributed by atoms with Crippen molar-refractivity contribution in [3.63, 3.8) is 0 Å². The van der Waals surface area contributed by atoms with Gasteiger partial charge in [0, 0.05) is 6.54 Å². The first-order valence-corrected chi connectivity index (χ1v) is 5.14. The van der Waals surface area contributed by atoms with Gasteiger partial charge in [-0.25, -0.2) is 0 Å². The molecule has 0 saturated carbocycles. The molecular formula is C11H20N2O2. The minimum Gasteiger partial charge on any atom is -0.354 e. The summed E-state index contributed by atoms with van der Waals surface area (Å²) in [5.74, 6) is 0.469. The second kappa shape index (κ2) is 7.04. The molecule has 0 bridgehead atoms. The van der Waals surface area contributed by atoms with E-state index in [0.29, 0.717) is 18.4 Å². The first kappa shape index (κ1) is 13.7. The summed E-state index contributed by atoms with van der Waals surface area (Å²) in [4.78, 5) is 22.0. The van der Waals surface area contributed by atoms with Crippen LogP contribution in [0.1, 0.15) is 20.8 Å². The molecule has 2 N–H and O–H groups in total. The lowest BCUT2D eigenvalue weighted by Crippen LogP contribution is -2.38. The minimum atomic E-state index is -0.331. The summed E-state index contributed by atoms with van der Waals surface area (Å²) < 4.78 is 0.